The Morgan fingerprint density at radius 2 is 1.96 bits per heavy atom. The van der Waals surface area contributed by atoms with Gasteiger partial charge >= 0.3 is 0 Å². The number of nitrogens with zero attached hydrogens (tertiary/aromatic N) is 1. The molecule has 2 N–H and O–H groups in total. The van der Waals surface area contributed by atoms with E-state index in [4.69, 9.17) is 4.74 Å². The molecule has 1 saturated carbocycles. The zero-order valence-corrected chi connectivity index (χ0v) is 15.2. The van der Waals surface area contributed by atoms with Gasteiger partial charge in [0.15, 0.2) is 0 Å². The molecule has 1 aromatic rings. The highest BCUT2D eigenvalue weighted by Crippen LogP contribution is 2.32. The molecule has 0 bridgehead atoms. The first-order chi connectivity index (χ1) is 11.6. The normalized spacial score (nSPS) is 22.0. The molecule has 1 heterocycles. The first kappa shape index (κ1) is 17.7. The lowest BCUT2D eigenvalue weighted by Crippen LogP contribution is -2.46. The van der Waals surface area contributed by atoms with Crippen molar-refractivity contribution >= 4 is 0 Å². The number of hydrogen-bond acceptors (Lipinski definition) is 4. The maximum absolute atomic E-state index is 10.3. The molecular weight excluding hydrogens is 300 g/mol. The Bertz CT molecular complexity index is 536. The summed E-state index contributed by atoms with van der Waals surface area (Å²) in [4.78, 5) is 2.53. The van der Waals surface area contributed by atoms with E-state index in [2.05, 4.69) is 35.3 Å². The first-order valence-corrected chi connectivity index (χ1v) is 9.45. The number of piperidine rings is 1. The fraction of sp³-hybridized carbons (Fsp3) is 0.700. The van der Waals surface area contributed by atoms with Crippen molar-refractivity contribution in [2.45, 2.75) is 63.6 Å². The summed E-state index contributed by atoms with van der Waals surface area (Å²) in [6.45, 7) is 6.20. The molecule has 3 rings (SSSR count). The molecule has 1 aromatic carbocycles. The molecule has 1 aliphatic heterocycles. The van der Waals surface area contributed by atoms with E-state index in [0.29, 0.717) is 6.54 Å². The van der Waals surface area contributed by atoms with Gasteiger partial charge in [0, 0.05) is 24.7 Å². The Hall–Kier alpha value is -1.10. The van der Waals surface area contributed by atoms with Crippen LogP contribution in [0.3, 0.4) is 0 Å². The highest BCUT2D eigenvalue weighted by atomic mass is 16.5. The van der Waals surface area contributed by atoms with E-state index < -0.39 is 5.60 Å². The van der Waals surface area contributed by atoms with Crippen LogP contribution in [0.15, 0.2) is 18.2 Å². The molecule has 1 atom stereocenters. The summed E-state index contributed by atoms with van der Waals surface area (Å²) in [6.07, 6.45) is 6.97. The van der Waals surface area contributed by atoms with Gasteiger partial charge in [0.25, 0.3) is 0 Å². The van der Waals surface area contributed by atoms with Crippen molar-refractivity contribution < 1.29 is 9.84 Å². The number of aliphatic hydroxyl groups is 1. The van der Waals surface area contributed by atoms with Gasteiger partial charge in [-0.1, -0.05) is 12.5 Å². The summed E-state index contributed by atoms with van der Waals surface area (Å²) < 4.78 is 5.58. The number of benzene rings is 1. The second-order valence-electron chi connectivity index (χ2n) is 7.59. The van der Waals surface area contributed by atoms with E-state index >= 15 is 0 Å². The van der Waals surface area contributed by atoms with Crippen LogP contribution in [0.2, 0.25) is 0 Å². The lowest BCUT2D eigenvalue weighted by Gasteiger charge is -2.37. The number of ether oxygens (including phenoxy) is 1. The Labute approximate surface area is 146 Å². The highest BCUT2D eigenvalue weighted by Gasteiger charge is 2.34. The topological polar surface area (TPSA) is 44.7 Å². The van der Waals surface area contributed by atoms with E-state index in [1.54, 1.807) is 7.11 Å². The van der Waals surface area contributed by atoms with Gasteiger partial charge in [0.2, 0.25) is 0 Å². The van der Waals surface area contributed by atoms with Crippen LogP contribution in [0.1, 0.15) is 62.6 Å². The van der Waals surface area contributed by atoms with Gasteiger partial charge in [-0.3, -0.25) is 4.90 Å². The third-order valence-electron chi connectivity index (χ3n) is 5.67. The van der Waals surface area contributed by atoms with Gasteiger partial charge in [0.1, 0.15) is 5.75 Å². The first-order valence-electron chi connectivity index (χ1n) is 9.45. The molecule has 0 radical (unpaired) electrons. The standard InChI is InChI=1S/C20H32N2O2/c1-16(21-15-20(23)9-6-10-20)17-7-8-19(24-2)18(13-17)14-22-11-4-3-5-12-22/h7-8,13,16,21,23H,3-6,9-12,14-15H2,1-2H3. The molecule has 0 aromatic heterocycles. The Kier molecular flexibility index (Phi) is 5.80. The minimum absolute atomic E-state index is 0.237. The summed E-state index contributed by atoms with van der Waals surface area (Å²) in [5.41, 5.74) is 2.07. The van der Waals surface area contributed by atoms with Crippen molar-refractivity contribution in [2.75, 3.05) is 26.7 Å². The lowest BCUT2D eigenvalue weighted by molar-refractivity contribution is -0.0329. The third kappa shape index (κ3) is 4.29. The maximum Gasteiger partial charge on any atom is 0.123 e. The largest absolute Gasteiger partial charge is 0.496 e. The molecule has 2 aliphatic rings. The third-order valence-corrected chi connectivity index (χ3v) is 5.67. The minimum Gasteiger partial charge on any atom is -0.496 e. The van der Waals surface area contributed by atoms with Crippen LogP contribution in [-0.2, 0) is 6.54 Å². The summed E-state index contributed by atoms with van der Waals surface area (Å²) in [5, 5.41) is 13.8. The summed E-state index contributed by atoms with van der Waals surface area (Å²) in [7, 11) is 1.75. The molecule has 4 heteroatoms. The lowest BCUT2D eigenvalue weighted by atomic mass is 9.80. The van der Waals surface area contributed by atoms with Crippen LogP contribution >= 0.6 is 0 Å². The monoisotopic (exact) mass is 332 g/mol. The van der Waals surface area contributed by atoms with E-state index in [0.717, 1.165) is 31.6 Å². The van der Waals surface area contributed by atoms with Crippen LogP contribution in [0.25, 0.3) is 0 Å². The Balaban J connectivity index is 1.65. The molecule has 4 nitrogen and oxygen atoms in total. The van der Waals surface area contributed by atoms with Crippen LogP contribution in [0, 0.1) is 0 Å². The van der Waals surface area contributed by atoms with E-state index in [9.17, 15) is 5.11 Å². The summed E-state index contributed by atoms with van der Waals surface area (Å²) in [5.74, 6) is 0.981. The van der Waals surface area contributed by atoms with Crippen molar-refractivity contribution in [1.29, 1.82) is 0 Å². The van der Waals surface area contributed by atoms with Crippen LogP contribution in [0.4, 0.5) is 0 Å². The second-order valence-corrected chi connectivity index (χ2v) is 7.59. The molecule has 2 fully saturated rings. The fourth-order valence-corrected chi connectivity index (χ4v) is 3.77. The van der Waals surface area contributed by atoms with Gasteiger partial charge in [0.05, 0.1) is 12.7 Å². The molecule has 1 saturated heterocycles. The maximum atomic E-state index is 10.3. The van der Waals surface area contributed by atoms with E-state index in [1.165, 1.54) is 43.5 Å². The number of likely N-dealkylation sites (tertiary alicyclic amines) is 1. The molecule has 1 aliphatic carbocycles. The van der Waals surface area contributed by atoms with Crippen LogP contribution < -0.4 is 10.1 Å². The van der Waals surface area contributed by atoms with Gasteiger partial charge in [-0.2, -0.15) is 0 Å². The van der Waals surface area contributed by atoms with Crippen LogP contribution in [0.5, 0.6) is 5.75 Å². The average Bonchev–Trinajstić information content (AvgIpc) is 2.59. The number of nitrogens with one attached hydrogen (secondary N) is 1. The number of methoxy groups -OCH3 is 1. The van der Waals surface area contributed by atoms with Gasteiger partial charge < -0.3 is 15.2 Å². The molecule has 134 valence electrons. The minimum atomic E-state index is -0.475. The predicted molar refractivity (Wildman–Crippen MR) is 97.3 cm³/mol. The molecule has 0 amide bonds. The average molecular weight is 332 g/mol. The van der Waals surface area contributed by atoms with Gasteiger partial charge in [-0.15, -0.1) is 0 Å². The summed E-state index contributed by atoms with van der Waals surface area (Å²) in [6, 6.07) is 6.74. The number of hydrogen-bond donors (Lipinski definition) is 2. The van der Waals surface area contributed by atoms with Crippen molar-refractivity contribution in [3.63, 3.8) is 0 Å². The van der Waals surface area contributed by atoms with Crippen molar-refractivity contribution in [1.82, 2.24) is 10.2 Å². The molecule has 0 spiro atoms. The predicted octanol–water partition coefficient (Wildman–Crippen LogP) is 3.25. The second kappa shape index (κ2) is 7.85. The van der Waals surface area contributed by atoms with E-state index in [-0.39, 0.29) is 6.04 Å². The van der Waals surface area contributed by atoms with Crippen molar-refractivity contribution in [3.8, 4) is 5.75 Å². The molecule has 1 unspecified atom stereocenters. The zero-order valence-electron chi connectivity index (χ0n) is 15.2. The Morgan fingerprint density at radius 3 is 2.58 bits per heavy atom. The molecular formula is C20H32N2O2. The smallest absolute Gasteiger partial charge is 0.123 e. The quantitative estimate of drug-likeness (QED) is 0.804. The van der Waals surface area contributed by atoms with E-state index in [1.807, 2.05) is 0 Å². The summed E-state index contributed by atoms with van der Waals surface area (Å²) >= 11 is 0. The zero-order chi connectivity index (χ0) is 17.0. The van der Waals surface area contributed by atoms with Gasteiger partial charge in [-0.25, -0.2) is 0 Å². The van der Waals surface area contributed by atoms with Crippen molar-refractivity contribution in [3.05, 3.63) is 29.3 Å². The van der Waals surface area contributed by atoms with Crippen molar-refractivity contribution in [2.24, 2.45) is 0 Å². The van der Waals surface area contributed by atoms with Gasteiger partial charge in [-0.05, 0) is 69.8 Å². The number of rotatable bonds is 7. The Morgan fingerprint density at radius 1 is 1.21 bits per heavy atom. The molecule has 24 heavy (non-hydrogen) atoms. The van der Waals surface area contributed by atoms with Crippen LogP contribution in [-0.4, -0.2) is 42.4 Å². The highest BCUT2D eigenvalue weighted by molar-refractivity contribution is 5.38. The SMILES string of the molecule is COc1ccc(C(C)NCC2(O)CCC2)cc1CN1CCCCC1. The fourth-order valence-electron chi connectivity index (χ4n) is 3.77.